The molecule has 0 N–H and O–H groups in total. The van der Waals surface area contributed by atoms with E-state index < -0.39 is 0 Å². The molecule has 7 rings (SSSR count). The first-order valence-electron chi connectivity index (χ1n) is 11.8. The van der Waals surface area contributed by atoms with E-state index in [1.807, 2.05) is 0 Å². The van der Waals surface area contributed by atoms with Crippen LogP contribution in [0, 0.1) is 0 Å². The lowest BCUT2D eigenvalue weighted by molar-refractivity contribution is 0.488. The number of benzene rings is 6. The maximum Gasteiger partial charge on any atom is 0.251 e. The molecule has 0 aliphatic carbocycles. The molecule has 0 unspecified atom stereocenters. The van der Waals surface area contributed by atoms with Crippen molar-refractivity contribution < 1.29 is 4.74 Å². The minimum Gasteiger partial charge on any atom is -0.458 e. The van der Waals surface area contributed by atoms with Crippen LogP contribution in [-0.2, 0) is 0 Å². The van der Waals surface area contributed by atoms with Crippen LogP contribution in [0.4, 0.5) is 0 Å². The third-order valence-corrected chi connectivity index (χ3v) is 7.31. The van der Waals surface area contributed by atoms with Crippen LogP contribution in [0.2, 0.25) is 0 Å². The van der Waals surface area contributed by atoms with E-state index in [-0.39, 0.29) is 6.71 Å². The van der Waals surface area contributed by atoms with Crippen molar-refractivity contribution >= 4 is 55.4 Å². The van der Waals surface area contributed by atoms with Gasteiger partial charge in [-0.2, -0.15) is 0 Å². The quantitative estimate of drug-likeness (QED) is 0.234. The topological polar surface area (TPSA) is 9.23 Å². The van der Waals surface area contributed by atoms with Crippen LogP contribution in [-0.4, -0.2) is 6.71 Å². The molecule has 2 heteroatoms. The molecule has 0 spiro atoms. The molecule has 0 atom stereocenters. The van der Waals surface area contributed by atoms with Crippen molar-refractivity contribution in [1.29, 1.82) is 0 Å². The highest BCUT2D eigenvalue weighted by Gasteiger charge is 2.34. The van der Waals surface area contributed by atoms with E-state index >= 15 is 0 Å². The molecule has 0 fully saturated rings. The van der Waals surface area contributed by atoms with Crippen LogP contribution < -0.4 is 21.1 Å². The summed E-state index contributed by atoms with van der Waals surface area (Å²) in [5.74, 6) is 2.40. The maximum absolute atomic E-state index is 6.54. The third kappa shape index (κ3) is 2.61. The lowest BCUT2D eigenvalue weighted by Gasteiger charge is -2.29. The molecule has 1 aliphatic heterocycles. The molecule has 6 aromatic rings. The Balaban J connectivity index is 1.64. The van der Waals surface area contributed by atoms with Gasteiger partial charge in [0.2, 0.25) is 0 Å². The largest absolute Gasteiger partial charge is 0.458 e. The van der Waals surface area contributed by atoms with Gasteiger partial charge in [-0.1, -0.05) is 104 Å². The molecule has 1 heterocycles. The molecule has 0 saturated carbocycles. The second-order valence-electron chi connectivity index (χ2n) is 9.50. The Morgan fingerprint density at radius 2 is 1.33 bits per heavy atom. The van der Waals surface area contributed by atoms with Crippen LogP contribution in [0.25, 0.3) is 32.3 Å². The smallest absolute Gasteiger partial charge is 0.251 e. The first kappa shape index (κ1) is 18.8. The first-order valence-corrected chi connectivity index (χ1v) is 11.8. The summed E-state index contributed by atoms with van der Waals surface area (Å²) in [6, 6.07) is 35.3. The van der Waals surface area contributed by atoms with Gasteiger partial charge in [0.1, 0.15) is 11.5 Å². The molecule has 0 aromatic heterocycles. The fourth-order valence-electron chi connectivity index (χ4n) is 5.86. The summed E-state index contributed by atoms with van der Waals surface area (Å²) >= 11 is 0. The minimum absolute atomic E-state index is 0.139. The van der Waals surface area contributed by atoms with Crippen molar-refractivity contribution in [2.75, 3.05) is 0 Å². The van der Waals surface area contributed by atoms with Crippen molar-refractivity contribution in [2.45, 2.75) is 19.8 Å². The van der Waals surface area contributed by atoms with Gasteiger partial charge in [0.25, 0.3) is 6.71 Å². The molecule has 1 nitrogen and oxygen atoms in total. The van der Waals surface area contributed by atoms with Gasteiger partial charge < -0.3 is 4.74 Å². The van der Waals surface area contributed by atoms with Crippen LogP contribution in [0.5, 0.6) is 11.5 Å². The highest BCUT2D eigenvalue weighted by Crippen LogP contribution is 2.40. The Bertz CT molecular complexity index is 1670. The highest BCUT2D eigenvalue weighted by molar-refractivity contribution is 6.98. The second-order valence-corrected chi connectivity index (χ2v) is 9.50. The SMILES string of the molecule is CC(C)c1ccc2ccc3c4c(cc5ccc1c2c53)Oc1ccccc1B4c1ccccc1. The zero-order chi connectivity index (χ0) is 22.1. The zero-order valence-corrected chi connectivity index (χ0v) is 18.8. The van der Waals surface area contributed by atoms with Gasteiger partial charge in [0.05, 0.1) is 0 Å². The Hall–Kier alpha value is -3.78. The van der Waals surface area contributed by atoms with E-state index in [1.54, 1.807) is 0 Å². The van der Waals surface area contributed by atoms with E-state index in [2.05, 4.69) is 111 Å². The van der Waals surface area contributed by atoms with Crippen molar-refractivity contribution in [3.8, 4) is 11.5 Å². The summed E-state index contributed by atoms with van der Waals surface area (Å²) in [5, 5.41) is 7.95. The van der Waals surface area contributed by atoms with Crippen LogP contribution in [0.1, 0.15) is 25.3 Å². The fourth-order valence-corrected chi connectivity index (χ4v) is 5.86. The van der Waals surface area contributed by atoms with Crippen molar-refractivity contribution in [3.05, 3.63) is 103 Å². The predicted octanol–water partition coefficient (Wildman–Crippen LogP) is 6.33. The standard InChI is InChI=1S/C31H23BO/c1-19(2)23-15-12-20-13-17-25-30-21(14-16-24(23)29(20)30)18-28-31(25)32(22-8-4-3-5-9-22)26-10-6-7-11-27(26)33-28/h3-19H,1-2H3. The molecular formula is C31H23BO. The molecule has 6 aromatic carbocycles. The number of rotatable bonds is 2. The van der Waals surface area contributed by atoms with Crippen LogP contribution in [0.15, 0.2) is 97.1 Å². The van der Waals surface area contributed by atoms with Crippen molar-refractivity contribution in [1.82, 2.24) is 0 Å². The molecule has 0 saturated heterocycles. The van der Waals surface area contributed by atoms with Gasteiger partial charge in [-0.15, -0.1) is 0 Å². The second kappa shape index (κ2) is 6.86. The number of hydrogen-bond donors (Lipinski definition) is 0. The summed E-state index contributed by atoms with van der Waals surface area (Å²) < 4.78 is 6.54. The Morgan fingerprint density at radius 1 is 0.636 bits per heavy atom. The number of fused-ring (bicyclic) bond motifs is 3. The Morgan fingerprint density at radius 3 is 2.18 bits per heavy atom. The van der Waals surface area contributed by atoms with E-state index in [1.165, 1.54) is 54.3 Å². The van der Waals surface area contributed by atoms with Gasteiger partial charge in [-0.3, -0.25) is 0 Å². The van der Waals surface area contributed by atoms with Gasteiger partial charge in [-0.25, -0.2) is 0 Å². The number of para-hydroxylation sites is 1. The Labute approximate surface area is 194 Å². The predicted molar refractivity (Wildman–Crippen MR) is 142 cm³/mol. The average molecular weight is 422 g/mol. The van der Waals surface area contributed by atoms with Gasteiger partial charge in [0.15, 0.2) is 0 Å². The third-order valence-electron chi connectivity index (χ3n) is 7.31. The molecule has 156 valence electrons. The lowest BCUT2D eigenvalue weighted by Crippen LogP contribution is -2.55. The lowest BCUT2D eigenvalue weighted by atomic mass is 9.35. The molecule has 33 heavy (non-hydrogen) atoms. The van der Waals surface area contributed by atoms with Gasteiger partial charge in [0, 0.05) is 0 Å². The van der Waals surface area contributed by atoms with Crippen LogP contribution in [0.3, 0.4) is 0 Å². The first-order chi connectivity index (χ1) is 16.2. The summed E-state index contributed by atoms with van der Waals surface area (Å²) in [4.78, 5) is 0. The van der Waals surface area contributed by atoms with E-state index in [0.717, 1.165) is 11.5 Å². The number of ether oxygens (including phenoxy) is 1. The van der Waals surface area contributed by atoms with Gasteiger partial charge in [-0.05, 0) is 66.9 Å². The summed E-state index contributed by atoms with van der Waals surface area (Å²) in [5.41, 5.74) is 5.22. The molecule has 0 radical (unpaired) electrons. The Kier molecular flexibility index (Phi) is 3.90. The maximum atomic E-state index is 6.54. The zero-order valence-electron chi connectivity index (χ0n) is 18.8. The average Bonchev–Trinajstić information content (AvgIpc) is 2.85. The van der Waals surface area contributed by atoms with Crippen molar-refractivity contribution in [2.24, 2.45) is 0 Å². The fraction of sp³-hybridized carbons (Fsp3) is 0.0968. The van der Waals surface area contributed by atoms with E-state index in [0.29, 0.717) is 5.92 Å². The van der Waals surface area contributed by atoms with E-state index in [9.17, 15) is 0 Å². The molecular weight excluding hydrogens is 399 g/mol. The molecule has 0 bridgehead atoms. The summed E-state index contributed by atoms with van der Waals surface area (Å²) in [6.07, 6.45) is 0. The van der Waals surface area contributed by atoms with Gasteiger partial charge >= 0.3 is 0 Å². The number of hydrogen-bond acceptors (Lipinski definition) is 1. The normalized spacial score (nSPS) is 13.0. The minimum atomic E-state index is 0.139. The highest BCUT2D eigenvalue weighted by atomic mass is 16.5. The summed E-state index contributed by atoms with van der Waals surface area (Å²) in [6.45, 7) is 4.70. The van der Waals surface area contributed by atoms with Crippen LogP contribution >= 0.6 is 0 Å². The summed E-state index contributed by atoms with van der Waals surface area (Å²) in [7, 11) is 0. The molecule has 1 aliphatic rings. The molecule has 0 amide bonds. The monoisotopic (exact) mass is 422 g/mol. The van der Waals surface area contributed by atoms with Crippen molar-refractivity contribution in [3.63, 3.8) is 0 Å². The van der Waals surface area contributed by atoms with E-state index in [4.69, 9.17) is 4.74 Å².